The van der Waals surface area contributed by atoms with Crippen LogP contribution < -0.4 is 4.90 Å². The molecule has 1 amide bonds. The van der Waals surface area contributed by atoms with E-state index in [4.69, 9.17) is 0 Å². The summed E-state index contributed by atoms with van der Waals surface area (Å²) in [5.74, 6) is -0.495. The number of hydrogen-bond acceptors (Lipinski definition) is 2. The number of rotatable bonds is 3. The highest BCUT2D eigenvalue weighted by Gasteiger charge is 2.06. The van der Waals surface area contributed by atoms with Gasteiger partial charge in [-0.3, -0.25) is 9.59 Å². The lowest BCUT2D eigenvalue weighted by atomic mass is 10.2. The summed E-state index contributed by atoms with van der Waals surface area (Å²) in [6.07, 6.45) is 1.07. The molecule has 68 valence electrons. The maximum absolute atomic E-state index is 12.6. The van der Waals surface area contributed by atoms with Crippen LogP contribution in [0.5, 0.6) is 0 Å². The standard InChI is InChI=1S/C9H8FNO2/c1-11(6-13)9-3-2-8(10)4-7(9)5-12/h2-6H,1H3. The lowest BCUT2D eigenvalue weighted by molar-refractivity contribution is -0.107. The van der Waals surface area contributed by atoms with Gasteiger partial charge in [0.25, 0.3) is 0 Å². The van der Waals surface area contributed by atoms with Gasteiger partial charge in [-0.15, -0.1) is 0 Å². The van der Waals surface area contributed by atoms with Crippen LogP contribution in [0.15, 0.2) is 18.2 Å². The van der Waals surface area contributed by atoms with Crippen LogP contribution in [0, 0.1) is 5.82 Å². The molecular weight excluding hydrogens is 173 g/mol. The summed E-state index contributed by atoms with van der Waals surface area (Å²) in [7, 11) is 1.49. The molecule has 4 heteroatoms. The molecule has 0 spiro atoms. The minimum Gasteiger partial charge on any atom is -0.317 e. The quantitative estimate of drug-likeness (QED) is 0.657. The lowest BCUT2D eigenvalue weighted by Crippen LogP contribution is -2.15. The van der Waals surface area contributed by atoms with Crippen LogP contribution in [-0.2, 0) is 4.79 Å². The zero-order chi connectivity index (χ0) is 9.84. The van der Waals surface area contributed by atoms with E-state index in [1.165, 1.54) is 24.1 Å². The number of amides is 1. The van der Waals surface area contributed by atoms with Crippen molar-refractivity contribution in [3.63, 3.8) is 0 Å². The molecule has 0 aromatic heterocycles. The highest BCUT2D eigenvalue weighted by molar-refractivity contribution is 5.89. The molecule has 0 saturated carbocycles. The van der Waals surface area contributed by atoms with Crippen molar-refractivity contribution in [2.75, 3.05) is 11.9 Å². The molecule has 0 aliphatic carbocycles. The SMILES string of the molecule is CN(C=O)c1ccc(F)cc1C=O. The van der Waals surface area contributed by atoms with Gasteiger partial charge in [-0.2, -0.15) is 0 Å². The van der Waals surface area contributed by atoms with E-state index in [1.54, 1.807) is 0 Å². The molecule has 0 radical (unpaired) electrons. The second kappa shape index (κ2) is 3.80. The summed E-state index contributed by atoms with van der Waals surface area (Å²) < 4.78 is 12.6. The molecule has 13 heavy (non-hydrogen) atoms. The fourth-order valence-electron chi connectivity index (χ4n) is 0.998. The number of anilines is 1. The number of hydrogen-bond donors (Lipinski definition) is 0. The molecular formula is C9H8FNO2. The van der Waals surface area contributed by atoms with Gasteiger partial charge in [-0.1, -0.05) is 0 Å². The second-order valence-electron chi connectivity index (χ2n) is 2.54. The van der Waals surface area contributed by atoms with E-state index >= 15 is 0 Å². The molecule has 0 unspecified atom stereocenters. The molecule has 0 atom stereocenters. The Balaban J connectivity index is 3.20. The van der Waals surface area contributed by atoms with Crippen molar-refractivity contribution >= 4 is 18.4 Å². The normalized spacial score (nSPS) is 9.38. The third-order valence-corrected chi connectivity index (χ3v) is 1.65. The lowest BCUT2D eigenvalue weighted by Gasteiger charge is -2.12. The van der Waals surface area contributed by atoms with Crippen LogP contribution in [0.25, 0.3) is 0 Å². The average Bonchev–Trinajstić information content (AvgIpc) is 2.16. The Bertz CT molecular complexity index is 338. The number of halogens is 1. The van der Waals surface area contributed by atoms with E-state index in [-0.39, 0.29) is 5.56 Å². The fourth-order valence-corrected chi connectivity index (χ4v) is 0.998. The molecule has 0 N–H and O–H groups in total. The average molecular weight is 181 g/mol. The van der Waals surface area contributed by atoms with Crippen LogP contribution in [0.2, 0.25) is 0 Å². The molecule has 0 saturated heterocycles. The van der Waals surface area contributed by atoms with Gasteiger partial charge in [0, 0.05) is 12.6 Å². The second-order valence-corrected chi connectivity index (χ2v) is 2.54. The number of nitrogens with zero attached hydrogens (tertiary/aromatic N) is 1. The van der Waals surface area contributed by atoms with Gasteiger partial charge < -0.3 is 4.90 Å². The van der Waals surface area contributed by atoms with Gasteiger partial charge >= 0.3 is 0 Å². The number of benzene rings is 1. The molecule has 0 aliphatic rings. The Hall–Kier alpha value is -1.71. The Morgan fingerprint density at radius 2 is 2.08 bits per heavy atom. The summed E-state index contributed by atoms with van der Waals surface area (Å²) in [6.45, 7) is 0. The van der Waals surface area contributed by atoms with Crippen LogP contribution >= 0.6 is 0 Å². The molecule has 1 aromatic carbocycles. The largest absolute Gasteiger partial charge is 0.317 e. The van der Waals surface area contributed by atoms with E-state index in [0.717, 1.165) is 6.07 Å². The summed E-state index contributed by atoms with van der Waals surface area (Å²) in [4.78, 5) is 22.1. The fraction of sp³-hybridized carbons (Fsp3) is 0.111. The first-order valence-electron chi connectivity index (χ1n) is 3.62. The zero-order valence-electron chi connectivity index (χ0n) is 7.03. The first kappa shape index (κ1) is 9.38. The Morgan fingerprint density at radius 1 is 1.38 bits per heavy atom. The van der Waals surface area contributed by atoms with E-state index in [2.05, 4.69) is 0 Å². The maximum Gasteiger partial charge on any atom is 0.213 e. The molecule has 1 aromatic rings. The minimum atomic E-state index is -0.495. The smallest absolute Gasteiger partial charge is 0.213 e. The predicted molar refractivity (Wildman–Crippen MR) is 46.3 cm³/mol. The van der Waals surface area contributed by atoms with Crippen molar-refractivity contribution in [1.29, 1.82) is 0 Å². The van der Waals surface area contributed by atoms with Crippen molar-refractivity contribution in [3.05, 3.63) is 29.6 Å². The predicted octanol–water partition coefficient (Wildman–Crippen LogP) is 1.23. The van der Waals surface area contributed by atoms with Crippen molar-refractivity contribution in [2.45, 2.75) is 0 Å². The van der Waals surface area contributed by atoms with Crippen LogP contribution in [0.1, 0.15) is 10.4 Å². The molecule has 0 aliphatic heterocycles. The Kier molecular flexibility index (Phi) is 2.74. The molecule has 0 heterocycles. The molecule has 0 bridgehead atoms. The van der Waals surface area contributed by atoms with Gasteiger partial charge in [0.1, 0.15) is 5.82 Å². The summed E-state index contributed by atoms with van der Waals surface area (Å²) in [5.41, 5.74) is 0.556. The van der Waals surface area contributed by atoms with Crippen molar-refractivity contribution in [2.24, 2.45) is 0 Å². The first-order valence-corrected chi connectivity index (χ1v) is 3.62. The molecule has 1 rings (SSSR count). The van der Waals surface area contributed by atoms with Crippen molar-refractivity contribution in [1.82, 2.24) is 0 Å². The molecule has 3 nitrogen and oxygen atoms in total. The van der Waals surface area contributed by atoms with Gasteiger partial charge in [0.2, 0.25) is 6.41 Å². The van der Waals surface area contributed by atoms with Crippen LogP contribution in [0.4, 0.5) is 10.1 Å². The first-order chi connectivity index (χ1) is 6.19. The molecule has 0 fully saturated rings. The third-order valence-electron chi connectivity index (χ3n) is 1.65. The van der Waals surface area contributed by atoms with E-state index in [1.807, 2.05) is 0 Å². The maximum atomic E-state index is 12.6. The zero-order valence-corrected chi connectivity index (χ0v) is 7.03. The van der Waals surface area contributed by atoms with Gasteiger partial charge in [-0.05, 0) is 18.2 Å². The van der Waals surface area contributed by atoms with E-state index < -0.39 is 5.82 Å². The van der Waals surface area contributed by atoms with Gasteiger partial charge in [0.05, 0.1) is 5.69 Å². The number of carbonyl (C=O) groups excluding carboxylic acids is 2. The minimum absolute atomic E-state index is 0.162. The van der Waals surface area contributed by atoms with Crippen LogP contribution in [0.3, 0.4) is 0 Å². The van der Waals surface area contributed by atoms with Gasteiger partial charge in [0.15, 0.2) is 6.29 Å². The summed E-state index contributed by atoms with van der Waals surface area (Å²) in [5, 5.41) is 0. The third kappa shape index (κ3) is 1.90. The van der Waals surface area contributed by atoms with Crippen LogP contribution in [-0.4, -0.2) is 19.7 Å². The number of carbonyl (C=O) groups is 2. The number of aldehydes is 1. The highest BCUT2D eigenvalue weighted by atomic mass is 19.1. The summed E-state index contributed by atoms with van der Waals surface area (Å²) >= 11 is 0. The Morgan fingerprint density at radius 3 is 2.62 bits per heavy atom. The van der Waals surface area contributed by atoms with E-state index in [0.29, 0.717) is 18.4 Å². The topological polar surface area (TPSA) is 37.4 Å². The Labute approximate surface area is 74.8 Å². The van der Waals surface area contributed by atoms with Crippen molar-refractivity contribution < 1.29 is 14.0 Å². The summed E-state index contributed by atoms with van der Waals surface area (Å²) in [6, 6.07) is 3.66. The monoisotopic (exact) mass is 181 g/mol. The van der Waals surface area contributed by atoms with Crippen molar-refractivity contribution in [3.8, 4) is 0 Å². The highest BCUT2D eigenvalue weighted by Crippen LogP contribution is 2.17. The van der Waals surface area contributed by atoms with E-state index in [9.17, 15) is 14.0 Å². The van der Waals surface area contributed by atoms with Gasteiger partial charge in [-0.25, -0.2) is 4.39 Å².